The number of hydrogen-bond donors (Lipinski definition) is 4. The molecule has 0 aromatic carbocycles. The summed E-state index contributed by atoms with van der Waals surface area (Å²) in [7, 11) is 1.40. The molecule has 0 aliphatic carbocycles. The van der Waals surface area contributed by atoms with Crippen LogP contribution < -0.4 is 5.32 Å². The van der Waals surface area contributed by atoms with Gasteiger partial charge in [-0.05, 0) is 64.2 Å². The maximum Gasteiger partial charge on any atom is 0.472 e. The third-order valence-corrected chi connectivity index (χ3v) is 11.0. The molecule has 4 atom stereocenters. The average Bonchev–Trinajstić information content (AvgIpc) is 3.19. The minimum absolute atomic E-state index is 0.0124. The number of rotatable bonds is 41. The Labute approximate surface area is 362 Å². The maximum atomic E-state index is 12.9. The monoisotopic (exact) mass is 850 g/mol. The number of amides is 1. The summed E-state index contributed by atoms with van der Waals surface area (Å²) in [4.78, 5) is 23.2. The Morgan fingerprint density at radius 1 is 0.610 bits per heavy atom. The number of unbranched alkanes of at least 4 members (excludes halogenated alkanes) is 15. The molecule has 0 aromatic heterocycles. The SMILES string of the molecule is CC/C=C\C/C=C\C/C=C\C/C=C\C/C=C\C/C=C\CCCCCCC(=O)NC(COP(=O)(O)OCC[N+](C)(C)C)C(O)C(O)CCCCCCCCCCCCCC. The molecular formula is C49H90N2O7P+. The molecule has 0 spiro atoms. The van der Waals surface area contributed by atoms with Gasteiger partial charge in [0.25, 0.3) is 0 Å². The predicted octanol–water partition coefficient (Wildman–Crippen LogP) is 12.2. The van der Waals surface area contributed by atoms with Crippen molar-refractivity contribution in [3.8, 4) is 0 Å². The van der Waals surface area contributed by atoms with Crippen molar-refractivity contribution < 1.29 is 38.0 Å². The quantitative estimate of drug-likeness (QED) is 0.0209. The summed E-state index contributed by atoms with van der Waals surface area (Å²) in [5, 5.41) is 24.7. The van der Waals surface area contributed by atoms with Crippen LogP contribution in [-0.4, -0.2) is 84.6 Å². The Hall–Kier alpha value is -2.10. The second-order valence-corrected chi connectivity index (χ2v) is 18.3. The summed E-state index contributed by atoms with van der Waals surface area (Å²) >= 11 is 0. The number of hydrogen-bond acceptors (Lipinski definition) is 6. The second-order valence-electron chi connectivity index (χ2n) is 16.9. The summed E-state index contributed by atoms with van der Waals surface area (Å²) in [6, 6.07) is -1.05. The van der Waals surface area contributed by atoms with Gasteiger partial charge in [0.2, 0.25) is 5.91 Å². The second kappa shape index (κ2) is 40.0. The number of likely N-dealkylation sites (N-methyl/N-ethyl adjacent to an activating group) is 1. The van der Waals surface area contributed by atoms with Crippen molar-refractivity contribution in [3.05, 3.63) is 72.9 Å². The fourth-order valence-corrected chi connectivity index (χ4v) is 7.06. The topological polar surface area (TPSA) is 125 Å². The molecule has 0 heterocycles. The molecule has 0 saturated heterocycles. The molecule has 0 aromatic rings. The number of carbonyl (C=O) groups is 1. The number of quaternary nitrogens is 1. The van der Waals surface area contributed by atoms with Gasteiger partial charge in [-0.15, -0.1) is 0 Å². The first-order chi connectivity index (χ1) is 28.4. The average molecular weight is 850 g/mol. The summed E-state index contributed by atoms with van der Waals surface area (Å²) in [5.41, 5.74) is 0. The zero-order chi connectivity index (χ0) is 43.7. The van der Waals surface area contributed by atoms with Gasteiger partial charge < -0.3 is 24.9 Å². The summed E-state index contributed by atoms with van der Waals surface area (Å²) in [5.74, 6) is -0.286. The fraction of sp³-hybridized carbons (Fsp3) is 0.735. The van der Waals surface area contributed by atoms with Crippen molar-refractivity contribution in [2.45, 2.75) is 193 Å². The smallest absolute Gasteiger partial charge is 0.390 e. The Bertz CT molecular complexity index is 1210. The summed E-state index contributed by atoms with van der Waals surface area (Å²) in [6.07, 6.45) is 49.6. The first kappa shape index (κ1) is 56.9. The molecule has 9 nitrogen and oxygen atoms in total. The van der Waals surface area contributed by atoms with Crippen molar-refractivity contribution in [1.29, 1.82) is 0 Å². The van der Waals surface area contributed by atoms with Crippen LogP contribution in [0.4, 0.5) is 0 Å². The molecule has 4 N–H and O–H groups in total. The van der Waals surface area contributed by atoms with Crippen molar-refractivity contribution in [3.63, 3.8) is 0 Å². The first-order valence-corrected chi connectivity index (χ1v) is 24.9. The van der Waals surface area contributed by atoms with Gasteiger partial charge in [-0.3, -0.25) is 13.8 Å². The third kappa shape index (κ3) is 41.0. The highest BCUT2D eigenvalue weighted by molar-refractivity contribution is 7.47. The molecule has 1 amide bonds. The summed E-state index contributed by atoms with van der Waals surface area (Å²) < 4.78 is 23.5. The molecule has 0 bridgehead atoms. The predicted molar refractivity (Wildman–Crippen MR) is 250 cm³/mol. The Kier molecular flexibility index (Phi) is 38.6. The number of aliphatic hydroxyl groups is 2. The van der Waals surface area contributed by atoms with Gasteiger partial charge in [-0.25, -0.2) is 4.57 Å². The minimum Gasteiger partial charge on any atom is -0.390 e. The van der Waals surface area contributed by atoms with Crippen LogP contribution in [0.15, 0.2) is 72.9 Å². The first-order valence-electron chi connectivity index (χ1n) is 23.4. The standard InChI is InChI=1S/C49H89N2O7P/c1-6-8-10-12-14-16-18-20-21-22-23-24-25-26-27-28-29-30-32-34-36-38-40-42-48(53)50-46(45-58-59(55,56)57-44-43-51(3,4)5)49(54)47(52)41-39-37-35-33-31-19-17-15-13-11-9-7-2/h8,10,14,16,20-21,23-24,26-27,29-30,46-47,49,52,54H,6-7,9,11-13,15,17-19,22,25,28,31-45H2,1-5H3,(H-,50,53,55,56)/p+1/b10-8-,16-14-,21-20-,24-23-,27-26-,30-29-. The van der Waals surface area contributed by atoms with Gasteiger partial charge in [-0.1, -0.05) is 177 Å². The Balaban J connectivity index is 4.50. The molecule has 342 valence electrons. The van der Waals surface area contributed by atoms with E-state index in [9.17, 15) is 24.5 Å². The van der Waals surface area contributed by atoms with Crippen molar-refractivity contribution in [2.24, 2.45) is 0 Å². The lowest BCUT2D eigenvalue weighted by Crippen LogP contribution is -2.51. The van der Waals surface area contributed by atoms with Crippen LogP contribution in [0.1, 0.15) is 174 Å². The van der Waals surface area contributed by atoms with Crippen LogP contribution in [0.5, 0.6) is 0 Å². The van der Waals surface area contributed by atoms with Gasteiger partial charge in [0.15, 0.2) is 0 Å². The molecule has 0 radical (unpaired) electrons. The Morgan fingerprint density at radius 2 is 1.05 bits per heavy atom. The van der Waals surface area contributed by atoms with Gasteiger partial charge in [-0.2, -0.15) is 0 Å². The van der Waals surface area contributed by atoms with Gasteiger partial charge in [0, 0.05) is 6.42 Å². The number of nitrogens with zero attached hydrogens (tertiary/aromatic N) is 1. The third-order valence-electron chi connectivity index (χ3n) is 10.1. The number of aliphatic hydroxyl groups excluding tert-OH is 2. The largest absolute Gasteiger partial charge is 0.472 e. The summed E-state index contributed by atoms with van der Waals surface area (Å²) in [6.45, 7) is 4.45. The van der Waals surface area contributed by atoms with E-state index >= 15 is 0 Å². The van der Waals surface area contributed by atoms with E-state index in [0.717, 1.165) is 83.5 Å². The zero-order valence-corrected chi connectivity index (χ0v) is 39.2. The van der Waals surface area contributed by atoms with E-state index in [0.29, 0.717) is 23.9 Å². The molecule has 0 rings (SSSR count). The van der Waals surface area contributed by atoms with E-state index in [-0.39, 0.29) is 18.9 Å². The van der Waals surface area contributed by atoms with Crippen molar-refractivity contribution in [1.82, 2.24) is 5.32 Å². The molecule has 0 aliphatic heterocycles. The van der Waals surface area contributed by atoms with Crippen LogP contribution >= 0.6 is 7.82 Å². The van der Waals surface area contributed by atoms with E-state index in [1.807, 2.05) is 21.1 Å². The van der Waals surface area contributed by atoms with Crippen LogP contribution in [0.3, 0.4) is 0 Å². The van der Waals surface area contributed by atoms with E-state index in [2.05, 4.69) is 92.1 Å². The molecule has 4 unspecified atom stereocenters. The van der Waals surface area contributed by atoms with Crippen molar-refractivity contribution >= 4 is 13.7 Å². The number of phosphoric ester groups is 1. The van der Waals surface area contributed by atoms with Crippen LogP contribution in [0.2, 0.25) is 0 Å². The molecule has 0 fully saturated rings. The zero-order valence-electron chi connectivity index (χ0n) is 38.3. The van der Waals surface area contributed by atoms with Crippen molar-refractivity contribution in [2.75, 3.05) is 40.9 Å². The fourth-order valence-electron chi connectivity index (χ4n) is 6.32. The number of carbonyl (C=O) groups excluding carboxylic acids is 1. The van der Waals surface area contributed by atoms with Gasteiger partial charge in [0.1, 0.15) is 19.3 Å². The molecular weight excluding hydrogens is 760 g/mol. The normalized spacial score (nSPS) is 15.5. The lowest BCUT2D eigenvalue weighted by atomic mass is 9.99. The molecule has 0 aliphatic rings. The van der Waals surface area contributed by atoms with Crippen LogP contribution in [0, 0.1) is 0 Å². The van der Waals surface area contributed by atoms with Crippen LogP contribution in [-0.2, 0) is 18.4 Å². The lowest BCUT2D eigenvalue weighted by Gasteiger charge is -2.28. The maximum absolute atomic E-state index is 12.9. The Morgan fingerprint density at radius 3 is 1.54 bits per heavy atom. The van der Waals surface area contributed by atoms with Crippen LogP contribution in [0.25, 0.3) is 0 Å². The minimum atomic E-state index is -4.43. The highest BCUT2D eigenvalue weighted by Crippen LogP contribution is 2.43. The van der Waals surface area contributed by atoms with E-state index in [4.69, 9.17) is 9.05 Å². The van der Waals surface area contributed by atoms with E-state index < -0.39 is 32.7 Å². The number of allylic oxidation sites excluding steroid dienone is 12. The highest BCUT2D eigenvalue weighted by Gasteiger charge is 2.31. The van der Waals surface area contributed by atoms with Gasteiger partial charge in [0.05, 0.1) is 39.9 Å². The van der Waals surface area contributed by atoms with E-state index in [1.54, 1.807) is 0 Å². The molecule has 0 saturated carbocycles. The molecule has 10 heteroatoms. The highest BCUT2D eigenvalue weighted by atomic mass is 31.2. The van der Waals surface area contributed by atoms with Gasteiger partial charge >= 0.3 is 7.82 Å². The molecule has 59 heavy (non-hydrogen) atoms. The number of phosphoric acid groups is 1. The number of nitrogens with one attached hydrogen (secondary N) is 1. The lowest BCUT2D eigenvalue weighted by molar-refractivity contribution is -0.870. The van der Waals surface area contributed by atoms with E-state index in [1.165, 1.54) is 57.8 Å².